The van der Waals surface area contributed by atoms with E-state index in [2.05, 4.69) is 10.6 Å². The highest BCUT2D eigenvalue weighted by atomic mass is 35.5. The van der Waals surface area contributed by atoms with Crippen LogP contribution in [0, 0.1) is 12.8 Å². The SMILES string of the molecule is COc1cc(Cl)c(C)cc1NC(=O)CN1C(=O)N[C@@H](CC(C)C)C1=O. The highest BCUT2D eigenvalue weighted by molar-refractivity contribution is 6.31. The van der Waals surface area contributed by atoms with Crippen LogP contribution in [-0.2, 0) is 9.59 Å². The number of rotatable bonds is 6. The number of carbonyl (C=O) groups is 3. The molecular formula is C17H22ClN3O4. The average Bonchev–Trinajstić information content (AvgIpc) is 2.77. The van der Waals surface area contributed by atoms with Gasteiger partial charge in [-0.3, -0.25) is 14.5 Å². The first kappa shape index (κ1) is 19.1. The fourth-order valence-electron chi connectivity index (χ4n) is 2.62. The van der Waals surface area contributed by atoms with Crippen LogP contribution in [0.3, 0.4) is 0 Å². The third-order valence-electron chi connectivity index (χ3n) is 3.87. The number of benzene rings is 1. The molecular weight excluding hydrogens is 346 g/mol. The number of carbonyl (C=O) groups excluding carboxylic acids is 3. The molecule has 7 nitrogen and oxygen atoms in total. The zero-order valence-corrected chi connectivity index (χ0v) is 15.4. The summed E-state index contributed by atoms with van der Waals surface area (Å²) < 4.78 is 5.20. The van der Waals surface area contributed by atoms with E-state index in [9.17, 15) is 14.4 Å². The number of ether oxygens (including phenoxy) is 1. The van der Waals surface area contributed by atoms with Gasteiger partial charge in [0.05, 0.1) is 12.8 Å². The molecule has 1 heterocycles. The van der Waals surface area contributed by atoms with E-state index in [-0.39, 0.29) is 18.4 Å². The molecule has 25 heavy (non-hydrogen) atoms. The van der Waals surface area contributed by atoms with Gasteiger partial charge in [-0.25, -0.2) is 4.79 Å². The summed E-state index contributed by atoms with van der Waals surface area (Å²) in [6, 6.07) is 2.14. The normalized spacial score (nSPS) is 17.0. The zero-order valence-electron chi connectivity index (χ0n) is 14.7. The maximum atomic E-state index is 12.3. The highest BCUT2D eigenvalue weighted by Gasteiger charge is 2.39. The first-order valence-electron chi connectivity index (χ1n) is 7.98. The fourth-order valence-corrected chi connectivity index (χ4v) is 2.77. The Morgan fingerprint density at radius 2 is 2.08 bits per heavy atom. The first-order chi connectivity index (χ1) is 11.7. The average molecular weight is 368 g/mol. The van der Waals surface area contributed by atoms with E-state index in [4.69, 9.17) is 16.3 Å². The monoisotopic (exact) mass is 367 g/mol. The van der Waals surface area contributed by atoms with Gasteiger partial charge < -0.3 is 15.4 Å². The minimum atomic E-state index is -0.576. The summed E-state index contributed by atoms with van der Waals surface area (Å²) in [5.41, 5.74) is 1.20. The van der Waals surface area contributed by atoms with Crippen molar-refractivity contribution < 1.29 is 19.1 Å². The van der Waals surface area contributed by atoms with E-state index in [0.29, 0.717) is 22.9 Å². The van der Waals surface area contributed by atoms with Gasteiger partial charge in [0.25, 0.3) is 5.91 Å². The zero-order chi connectivity index (χ0) is 18.7. The van der Waals surface area contributed by atoms with Crippen LogP contribution in [0.4, 0.5) is 10.5 Å². The number of hydrogen-bond acceptors (Lipinski definition) is 4. The van der Waals surface area contributed by atoms with Crippen LogP contribution in [0.1, 0.15) is 25.8 Å². The number of methoxy groups -OCH3 is 1. The van der Waals surface area contributed by atoms with Gasteiger partial charge in [0.1, 0.15) is 18.3 Å². The Balaban J connectivity index is 2.07. The lowest BCUT2D eigenvalue weighted by Gasteiger charge is -2.15. The first-order valence-corrected chi connectivity index (χ1v) is 8.36. The molecule has 0 radical (unpaired) electrons. The quantitative estimate of drug-likeness (QED) is 0.756. The molecule has 0 aliphatic carbocycles. The number of amides is 4. The molecule has 2 N–H and O–H groups in total. The van der Waals surface area contributed by atoms with Crippen molar-refractivity contribution in [2.45, 2.75) is 33.2 Å². The lowest BCUT2D eigenvalue weighted by atomic mass is 10.0. The Morgan fingerprint density at radius 3 is 2.68 bits per heavy atom. The van der Waals surface area contributed by atoms with E-state index in [0.717, 1.165) is 10.5 Å². The van der Waals surface area contributed by atoms with Gasteiger partial charge in [0.15, 0.2) is 0 Å². The lowest BCUT2D eigenvalue weighted by molar-refractivity contribution is -0.131. The topological polar surface area (TPSA) is 87.7 Å². The molecule has 0 spiro atoms. The summed E-state index contributed by atoms with van der Waals surface area (Å²) >= 11 is 6.04. The molecule has 0 saturated carbocycles. The highest BCUT2D eigenvalue weighted by Crippen LogP contribution is 2.31. The Kier molecular flexibility index (Phi) is 5.89. The number of nitrogens with one attached hydrogen (secondary N) is 2. The molecule has 0 bridgehead atoms. The third-order valence-corrected chi connectivity index (χ3v) is 4.28. The van der Waals surface area contributed by atoms with Crippen molar-refractivity contribution in [1.29, 1.82) is 0 Å². The minimum Gasteiger partial charge on any atom is -0.495 e. The van der Waals surface area contributed by atoms with Gasteiger partial charge in [0, 0.05) is 11.1 Å². The van der Waals surface area contributed by atoms with Crippen LogP contribution in [0.15, 0.2) is 12.1 Å². The molecule has 1 aliphatic rings. The van der Waals surface area contributed by atoms with Crippen LogP contribution in [-0.4, -0.2) is 42.4 Å². The molecule has 1 atom stereocenters. The van der Waals surface area contributed by atoms with Crippen LogP contribution in [0.2, 0.25) is 5.02 Å². The molecule has 8 heteroatoms. The number of imide groups is 1. The van der Waals surface area contributed by atoms with Gasteiger partial charge in [-0.15, -0.1) is 0 Å². The van der Waals surface area contributed by atoms with Gasteiger partial charge in [-0.1, -0.05) is 25.4 Å². The van der Waals surface area contributed by atoms with E-state index >= 15 is 0 Å². The fraction of sp³-hybridized carbons (Fsp3) is 0.471. The van der Waals surface area contributed by atoms with Crippen LogP contribution >= 0.6 is 11.6 Å². The summed E-state index contributed by atoms with van der Waals surface area (Å²) in [5.74, 6) is -0.218. The van der Waals surface area contributed by atoms with E-state index in [1.807, 2.05) is 13.8 Å². The lowest BCUT2D eigenvalue weighted by Crippen LogP contribution is -2.38. The second kappa shape index (κ2) is 7.74. The number of urea groups is 1. The second-order valence-corrected chi connectivity index (χ2v) is 6.81. The second-order valence-electron chi connectivity index (χ2n) is 6.41. The van der Waals surface area contributed by atoms with Crippen LogP contribution in [0.5, 0.6) is 5.75 Å². The van der Waals surface area contributed by atoms with Crippen molar-refractivity contribution in [3.05, 3.63) is 22.7 Å². The van der Waals surface area contributed by atoms with E-state index in [1.54, 1.807) is 19.1 Å². The van der Waals surface area contributed by atoms with Crippen molar-refractivity contribution >= 4 is 35.1 Å². The van der Waals surface area contributed by atoms with Crippen LogP contribution in [0.25, 0.3) is 0 Å². The number of nitrogens with zero attached hydrogens (tertiary/aromatic N) is 1. The molecule has 0 aromatic heterocycles. The van der Waals surface area contributed by atoms with E-state index in [1.165, 1.54) is 7.11 Å². The Hall–Kier alpha value is -2.28. The predicted molar refractivity (Wildman–Crippen MR) is 94.9 cm³/mol. The van der Waals surface area contributed by atoms with Crippen molar-refractivity contribution in [2.75, 3.05) is 19.0 Å². The molecule has 0 unspecified atom stereocenters. The largest absolute Gasteiger partial charge is 0.495 e. The minimum absolute atomic E-state index is 0.254. The Bertz CT molecular complexity index is 705. The van der Waals surface area contributed by atoms with Gasteiger partial charge in [-0.05, 0) is 30.9 Å². The van der Waals surface area contributed by atoms with Crippen LogP contribution < -0.4 is 15.4 Å². The standard InChI is InChI=1S/C17H22ClN3O4/c1-9(2)5-13-16(23)21(17(24)20-13)8-15(22)19-12-6-10(3)11(18)7-14(12)25-4/h6-7,9,13H,5,8H2,1-4H3,(H,19,22)(H,20,24)/t13-/m0/s1. The molecule has 1 aromatic carbocycles. The maximum absolute atomic E-state index is 12.3. The molecule has 136 valence electrons. The summed E-state index contributed by atoms with van der Waals surface area (Å²) in [5, 5.41) is 5.78. The van der Waals surface area contributed by atoms with Crippen molar-refractivity contribution in [1.82, 2.24) is 10.2 Å². The molecule has 2 rings (SSSR count). The molecule has 1 saturated heterocycles. The summed E-state index contributed by atoms with van der Waals surface area (Å²) in [4.78, 5) is 37.4. The number of hydrogen-bond donors (Lipinski definition) is 2. The summed E-state index contributed by atoms with van der Waals surface area (Å²) in [7, 11) is 1.46. The third kappa shape index (κ3) is 4.42. The van der Waals surface area contributed by atoms with Gasteiger partial charge in [0.2, 0.25) is 5.91 Å². The molecule has 1 aliphatic heterocycles. The van der Waals surface area contributed by atoms with Gasteiger partial charge >= 0.3 is 6.03 Å². The smallest absolute Gasteiger partial charge is 0.325 e. The number of anilines is 1. The Labute approximate surface area is 151 Å². The molecule has 1 aromatic rings. The van der Waals surface area contributed by atoms with Gasteiger partial charge in [-0.2, -0.15) is 0 Å². The molecule has 4 amide bonds. The van der Waals surface area contributed by atoms with Crippen molar-refractivity contribution in [3.63, 3.8) is 0 Å². The van der Waals surface area contributed by atoms with E-state index < -0.39 is 18.0 Å². The number of halogens is 1. The maximum Gasteiger partial charge on any atom is 0.325 e. The Morgan fingerprint density at radius 1 is 1.40 bits per heavy atom. The summed E-state index contributed by atoms with van der Waals surface area (Å²) in [6.45, 7) is 5.36. The number of aryl methyl sites for hydroxylation is 1. The van der Waals surface area contributed by atoms with Crippen molar-refractivity contribution in [3.8, 4) is 5.75 Å². The summed E-state index contributed by atoms with van der Waals surface area (Å²) in [6.07, 6.45) is 0.535. The predicted octanol–water partition coefficient (Wildman–Crippen LogP) is 2.56. The molecule has 1 fully saturated rings. The van der Waals surface area contributed by atoms with Crippen molar-refractivity contribution in [2.24, 2.45) is 5.92 Å².